The summed E-state index contributed by atoms with van der Waals surface area (Å²) in [6.45, 7) is 4.60. The fraction of sp³-hybridized carbons (Fsp3) is 0.0769. The van der Waals surface area contributed by atoms with Gasteiger partial charge in [0.1, 0.15) is 0 Å². The van der Waals surface area contributed by atoms with Crippen LogP contribution < -0.4 is 9.80 Å². The molecule has 6 heteroatoms. The van der Waals surface area contributed by atoms with Crippen molar-refractivity contribution in [1.82, 2.24) is 0 Å². The van der Waals surface area contributed by atoms with Crippen molar-refractivity contribution < 1.29 is 0 Å². The van der Waals surface area contributed by atoms with Gasteiger partial charge in [0.05, 0.1) is 0 Å². The smallest absolute Gasteiger partial charge is 0.0465 e. The van der Waals surface area contributed by atoms with E-state index in [0.717, 1.165) is 34.1 Å². The average molecular weight is 666 g/mol. The fourth-order valence-electron chi connectivity index (χ4n) is 6.25. The molecule has 1 aliphatic carbocycles. The maximum atomic E-state index is 6.27. The van der Waals surface area contributed by atoms with E-state index >= 15 is 0 Å². The molecule has 0 amide bonds. The number of anilines is 6. The highest BCUT2D eigenvalue weighted by Crippen LogP contribution is 2.52. The molecule has 6 aromatic carbocycles. The van der Waals surface area contributed by atoms with Crippen molar-refractivity contribution in [2.45, 2.75) is 19.3 Å². The molecule has 0 fully saturated rings. The fourth-order valence-corrected chi connectivity index (χ4v) is 6.75. The van der Waals surface area contributed by atoms with Crippen molar-refractivity contribution in [2.24, 2.45) is 0 Å². The highest BCUT2D eigenvalue weighted by molar-refractivity contribution is 6.31. The zero-order chi connectivity index (χ0) is 31.3. The Kier molecular flexibility index (Phi) is 7.79. The Morgan fingerprint density at radius 3 is 0.867 bits per heavy atom. The summed E-state index contributed by atoms with van der Waals surface area (Å²) >= 11 is 25.1. The van der Waals surface area contributed by atoms with Gasteiger partial charge < -0.3 is 9.80 Å². The first kappa shape index (κ1) is 29.8. The van der Waals surface area contributed by atoms with E-state index in [1.807, 2.05) is 97.1 Å². The van der Waals surface area contributed by atoms with Gasteiger partial charge in [-0.3, -0.25) is 0 Å². The summed E-state index contributed by atoms with van der Waals surface area (Å²) in [7, 11) is 0. The number of nitrogens with zero attached hydrogens (tertiary/aromatic N) is 2. The molecule has 2 nitrogen and oxygen atoms in total. The molecule has 0 N–H and O–H groups in total. The van der Waals surface area contributed by atoms with Gasteiger partial charge in [0, 0.05) is 59.6 Å². The number of hydrogen-bond donors (Lipinski definition) is 0. The zero-order valence-electron chi connectivity index (χ0n) is 24.6. The van der Waals surface area contributed by atoms with E-state index in [1.54, 1.807) is 0 Å². The summed E-state index contributed by atoms with van der Waals surface area (Å²) in [6.07, 6.45) is 0. The van der Waals surface area contributed by atoms with Gasteiger partial charge in [-0.2, -0.15) is 0 Å². The predicted octanol–water partition coefficient (Wildman–Crippen LogP) is 13.5. The number of rotatable bonds is 6. The minimum atomic E-state index is -0.256. The van der Waals surface area contributed by atoms with Gasteiger partial charge in [-0.15, -0.1) is 0 Å². The average Bonchev–Trinajstić information content (AvgIpc) is 3.26. The first-order valence-corrected chi connectivity index (χ1v) is 16.1. The summed E-state index contributed by atoms with van der Waals surface area (Å²) in [5.74, 6) is 0. The van der Waals surface area contributed by atoms with Crippen molar-refractivity contribution in [3.63, 3.8) is 0 Å². The Morgan fingerprint density at radius 2 is 0.600 bits per heavy atom. The number of hydrogen-bond acceptors (Lipinski definition) is 2. The van der Waals surface area contributed by atoms with Gasteiger partial charge in [0.2, 0.25) is 0 Å². The topological polar surface area (TPSA) is 6.48 Å². The zero-order valence-corrected chi connectivity index (χ0v) is 27.6. The summed E-state index contributed by atoms with van der Waals surface area (Å²) in [5.41, 5.74) is 10.9. The van der Waals surface area contributed by atoms with Crippen LogP contribution in [0, 0.1) is 0 Å². The summed E-state index contributed by atoms with van der Waals surface area (Å²) in [4.78, 5) is 4.47. The van der Waals surface area contributed by atoms with E-state index < -0.39 is 0 Å². The van der Waals surface area contributed by atoms with Crippen molar-refractivity contribution in [2.75, 3.05) is 9.80 Å². The number of halogens is 4. The lowest BCUT2D eigenvalue weighted by Gasteiger charge is -2.29. The lowest BCUT2D eigenvalue weighted by Crippen LogP contribution is -2.17. The first-order chi connectivity index (χ1) is 21.7. The highest BCUT2D eigenvalue weighted by Gasteiger charge is 2.36. The van der Waals surface area contributed by atoms with Gasteiger partial charge >= 0.3 is 0 Å². The lowest BCUT2D eigenvalue weighted by atomic mass is 9.82. The van der Waals surface area contributed by atoms with Crippen LogP contribution in [-0.2, 0) is 5.41 Å². The monoisotopic (exact) mass is 664 g/mol. The highest BCUT2D eigenvalue weighted by atomic mass is 35.5. The Bertz CT molecular complexity index is 1760. The second-order valence-electron chi connectivity index (χ2n) is 11.7. The van der Waals surface area contributed by atoms with E-state index in [0.29, 0.717) is 20.1 Å². The predicted molar refractivity (Wildman–Crippen MR) is 193 cm³/mol. The van der Waals surface area contributed by atoms with E-state index in [9.17, 15) is 0 Å². The van der Waals surface area contributed by atoms with Crippen molar-refractivity contribution in [1.29, 1.82) is 0 Å². The molecular formula is C39H28Cl4N2. The van der Waals surface area contributed by atoms with Crippen LogP contribution in [0.2, 0.25) is 20.1 Å². The molecular weight excluding hydrogens is 638 g/mol. The molecule has 7 rings (SSSR count). The summed E-state index contributed by atoms with van der Waals surface area (Å²) < 4.78 is 0. The second kappa shape index (κ2) is 11.8. The Hall–Kier alpha value is -3.92. The molecule has 222 valence electrons. The SMILES string of the molecule is CC1(C)c2cc(N(c3ccc(Cl)cc3)c3ccc(Cl)cc3)ccc2-c2ccc(N(c3ccc(Cl)cc3)c3ccc(Cl)cc3)cc21. The maximum absolute atomic E-state index is 6.27. The molecule has 45 heavy (non-hydrogen) atoms. The maximum Gasteiger partial charge on any atom is 0.0465 e. The Morgan fingerprint density at radius 1 is 0.356 bits per heavy atom. The van der Waals surface area contributed by atoms with Crippen molar-refractivity contribution in [3.05, 3.63) is 165 Å². The molecule has 0 radical (unpaired) electrons. The molecule has 0 aliphatic heterocycles. The normalized spacial score (nSPS) is 12.8. The van der Waals surface area contributed by atoms with Crippen molar-refractivity contribution >= 4 is 80.5 Å². The molecule has 1 aliphatic rings. The first-order valence-electron chi connectivity index (χ1n) is 14.6. The van der Waals surface area contributed by atoms with Crippen LogP contribution in [-0.4, -0.2) is 0 Å². The Balaban J connectivity index is 1.33. The third kappa shape index (κ3) is 5.58. The minimum Gasteiger partial charge on any atom is -0.310 e. The van der Waals surface area contributed by atoms with Gasteiger partial charge in [0.15, 0.2) is 0 Å². The van der Waals surface area contributed by atoms with Gasteiger partial charge in [-0.05, 0) is 144 Å². The van der Waals surface area contributed by atoms with Crippen LogP contribution in [0.5, 0.6) is 0 Å². The van der Waals surface area contributed by atoms with Crippen LogP contribution >= 0.6 is 46.4 Å². The van der Waals surface area contributed by atoms with Crippen LogP contribution in [0.25, 0.3) is 11.1 Å². The van der Waals surface area contributed by atoms with Crippen molar-refractivity contribution in [3.8, 4) is 11.1 Å². The van der Waals surface area contributed by atoms with E-state index in [2.05, 4.69) is 60.0 Å². The summed E-state index contributed by atoms with van der Waals surface area (Å²) in [5, 5.41) is 2.79. The van der Waals surface area contributed by atoms with Gasteiger partial charge in [0.25, 0.3) is 0 Å². The molecule has 6 aromatic rings. The largest absolute Gasteiger partial charge is 0.310 e. The Labute approximate surface area is 284 Å². The molecule has 0 unspecified atom stereocenters. The second-order valence-corrected chi connectivity index (χ2v) is 13.4. The van der Waals surface area contributed by atoms with Crippen LogP contribution in [0.15, 0.2) is 133 Å². The van der Waals surface area contributed by atoms with Gasteiger partial charge in [-0.25, -0.2) is 0 Å². The number of fused-ring (bicyclic) bond motifs is 3. The number of benzene rings is 6. The van der Waals surface area contributed by atoms with E-state index in [1.165, 1.54) is 22.3 Å². The quantitative estimate of drug-likeness (QED) is 0.175. The molecule has 0 saturated carbocycles. The third-order valence-electron chi connectivity index (χ3n) is 8.50. The molecule has 0 bridgehead atoms. The van der Waals surface area contributed by atoms with E-state index in [-0.39, 0.29) is 5.41 Å². The molecule has 0 saturated heterocycles. The molecule has 0 atom stereocenters. The third-order valence-corrected chi connectivity index (χ3v) is 9.51. The van der Waals surface area contributed by atoms with Crippen LogP contribution in [0.1, 0.15) is 25.0 Å². The van der Waals surface area contributed by atoms with Crippen LogP contribution in [0.3, 0.4) is 0 Å². The molecule has 0 aromatic heterocycles. The molecule has 0 heterocycles. The van der Waals surface area contributed by atoms with E-state index in [4.69, 9.17) is 46.4 Å². The summed E-state index contributed by atoms with van der Waals surface area (Å²) in [6, 6.07) is 45.2. The molecule has 0 spiro atoms. The standard InChI is InChI=1S/C39H28Cl4N2/c1-39(2)37-23-33(44(29-11-3-25(40)4-12-29)30-13-5-26(41)6-14-30)19-21-35(37)36-22-20-34(24-38(36)39)45(31-15-7-27(42)8-16-31)32-17-9-28(43)10-18-32/h3-24H,1-2H3. The minimum absolute atomic E-state index is 0.256. The van der Waals surface area contributed by atoms with Crippen LogP contribution in [0.4, 0.5) is 34.1 Å². The lowest BCUT2D eigenvalue weighted by molar-refractivity contribution is 0.660. The van der Waals surface area contributed by atoms with Gasteiger partial charge in [-0.1, -0.05) is 72.4 Å².